The third-order valence-corrected chi connectivity index (χ3v) is 9.16. The Bertz CT molecular complexity index is 2250. The summed E-state index contributed by atoms with van der Waals surface area (Å²) in [5.74, 6) is 0.0368. The molecular weight excluding hydrogens is 777 g/mol. The molecule has 5 rings (SSSR count). The Morgan fingerprint density at radius 1 is 0.766 bits per heavy atom. The smallest absolute Gasteiger partial charge is 0.122 e. The second kappa shape index (κ2) is 34.5. The molecular formula is C60H76N4. The quantitative estimate of drug-likeness (QED) is 0.0296. The predicted octanol–water partition coefficient (Wildman–Crippen LogP) is 17.0. The molecule has 0 saturated heterocycles. The minimum absolute atomic E-state index is 0.0368. The van der Waals surface area contributed by atoms with Crippen LogP contribution < -0.4 is 16.2 Å². The van der Waals surface area contributed by atoms with E-state index in [0.717, 1.165) is 62.3 Å². The van der Waals surface area contributed by atoms with Crippen molar-refractivity contribution in [2.45, 2.75) is 82.6 Å². The van der Waals surface area contributed by atoms with Crippen LogP contribution in [0.5, 0.6) is 0 Å². The molecule has 0 aromatic heterocycles. The lowest BCUT2D eigenvalue weighted by molar-refractivity contribution is 1.00. The van der Waals surface area contributed by atoms with Crippen molar-refractivity contribution in [1.29, 1.82) is 5.41 Å². The van der Waals surface area contributed by atoms with E-state index in [1.807, 2.05) is 98.7 Å². The van der Waals surface area contributed by atoms with Gasteiger partial charge in [-0.3, -0.25) is 15.8 Å². The van der Waals surface area contributed by atoms with E-state index in [0.29, 0.717) is 12.1 Å². The van der Waals surface area contributed by atoms with Gasteiger partial charge in [0.15, 0.2) is 0 Å². The number of rotatable bonds is 14. The van der Waals surface area contributed by atoms with Crippen LogP contribution in [0.4, 0.5) is 11.4 Å². The third-order valence-electron chi connectivity index (χ3n) is 9.16. The van der Waals surface area contributed by atoms with E-state index in [2.05, 4.69) is 184 Å². The molecule has 4 N–H and O–H groups in total. The topological polar surface area (TPSA) is 65.1 Å². The molecule has 1 aliphatic carbocycles. The van der Waals surface area contributed by atoms with Gasteiger partial charge in [-0.25, -0.2) is 0 Å². The van der Waals surface area contributed by atoms with E-state index in [1.54, 1.807) is 6.08 Å². The largest absolute Gasteiger partial charge is 0.384 e. The molecule has 0 bridgehead atoms. The van der Waals surface area contributed by atoms with E-state index < -0.39 is 0 Å². The summed E-state index contributed by atoms with van der Waals surface area (Å²) in [5, 5.41) is 10.2. The van der Waals surface area contributed by atoms with Gasteiger partial charge < -0.3 is 5.73 Å². The first kappa shape index (κ1) is 56.9. The number of terminal acetylenes is 1. The van der Waals surface area contributed by atoms with Crippen molar-refractivity contribution in [1.82, 2.24) is 0 Å². The first-order valence-electron chi connectivity index (χ1n) is 22.5. The van der Waals surface area contributed by atoms with E-state index in [9.17, 15) is 0 Å². The highest BCUT2D eigenvalue weighted by Crippen LogP contribution is 2.42. The van der Waals surface area contributed by atoms with E-state index in [1.165, 1.54) is 11.1 Å². The Hall–Kier alpha value is -7.09. The summed E-state index contributed by atoms with van der Waals surface area (Å²) in [6, 6.07) is 33.4. The second-order valence-electron chi connectivity index (χ2n) is 13.2. The highest BCUT2D eigenvalue weighted by Gasteiger charge is 2.21. The number of nitrogens with zero attached hydrogens (tertiary/aromatic N) is 1. The van der Waals surface area contributed by atoms with Gasteiger partial charge >= 0.3 is 0 Å². The molecule has 0 spiro atoms. The molecule has 4 aromatic rings. The van der Waals surface area contributed by atoms with E-state index in [4.69, 9.17) is 11.1 Å². The molecule has 0 fully saturated rings. The van der Waals surface area contributed by atoms with Crippen LogP contribution in [0.3, 0.4) is 0 Å². The zero-order chi connectivity index (χ0) is 48.3. The van der Waals surface area contributed by atoms with Crippen molar-refractivity contribution in [2.24, 2.45) is 5.73 Å². The van der Waals surface area contributed by atoms with Gasteiger partial charge in [-0.15, -0.1) is 19.4 Å². The van der Waals surface area contributed by atoms with Crippen molar-refractivity contribution in [3.05, 3.63) is 223 Å². The SMILES string of the molecule is C#C.C=C(/C=C\C)C(/C=C\CN(Nc1c(C2=CC=CCC=C2)ccc(-c2ccccc2)c1C(/C=C(\C)c1ccccc1)=C/C)c1ccc(C(=N)N)cc1)=C/C.C=CC.CC.CC.CC. The first-order valence-corrected chi connectivity index (χ1v) is 22.5. The number of nitrogens with one attached hydrogen (secondary N) is 2. The molecule has 0 unspecified atom stereocenters. The molecule has 4 nitrogen and oxygen atoms in total. The Balaban J connectivity index is 0.00000333. The lowest BCUT2D eigenvalue weighted by Crippen LogP contribution is -2.31. The van der Waals surface area contributed by atoms with Gasteiger partial charge in [-0.1, -0.05) is 200 Å². The Labute approximate surface area is 389 Å². The maximum atomic E-state index is 8.01. The molecule has 0 radical (unpaired) electrons. The average molecular weight is 853 g/mol. The molecule has 0 saturated carbocycles. The minimum Gasteiger partial charge on any atom is -0.384 e. The van der Waals surface area contributed by atoms with Gasteiger partial charge in [0.05, 0.1) is 17.9 Å². The van der Waals surface area contributed by atoms with Crippen molar-refractivity contribution < 1.29 is 0 Å². The van der Waals surface area contributed by atoms with Gasteiger partial charge in [0.2, 0.25) is 0 Å². The fraction of sp³-hybridized carbons (Fsp3) is 0.217. The second-order valence-corrected chi connectivity index (χ2v) is 13.2. The lowest BCUT2D eigenvalue weighted by Gasteiger charge is -2.30. The van der Waals surface area contributed by atoms with Crippen LogP contribution in [0.1, 0.15) is 105 Å². The van der Waals surface area contributed by atoms with Gasteiger partial charge in [-0.05, 0) is 110 Å². The van der Waals surface area contributed by atoms with Crippen LogP contribution >= 0.6 is 0 Å². The molecule has 4 aromatic carbocycles. The summed E-state index contributed by atoms with van der Waals surface area (Å²) in [6.45, 7) is 30.4. The van der Waals surface area contributed by atoms with Crippen molar-refractivity contribution in [2.75, 3.05) is 17.0 Å². The highest BCUT2D eigenvalue weighted by molar-refractivity contribution is 6.00. The van der Waals surface area contributed by atoms with E-state index in [-0.39, 0.29) is 5.84 Å². The number of allylic oxidation sites excluding steroid dienone is 17. The van der Waals surface area contributed by atoms with Crippen molar-refractivity contribution in [3.8, 4) is 24.0 Å². The first-order chi connectivity index (χ1) is 31.3. The van der Waals surface area contributed by atoms with Gasteiger partial charge in [-0.2, -0.15) is 0 Å². The summed E-state index contributed by atoms with van der Waals surface area (Å²) in [4.78, 5) is 0. The molecule has 336 valence electrons. The number of nitrogens with two attached hydrogens (primary N) is 1. The fourth-order valence-corrected chi connectivity index (χ4v) is 6.34. The summed E-state index contributed by atoms with van der Waals surface area (Å²) in [6.07, 6.45) is 36.4. The van der Waals surface area contributed by atoms with Crippen LogP contribution in [-0.4, -0.2) is 12.4 Å². The van der Waals surface area contributed by atoms with Gasteiger partial charge in [0.25, 0.3) is 0 Å². The number of nitrogen functional groups attached to an aromatic ring is 1. The molecule has 64 heavy (non-hydrogen) atoms. The summed E-state index contributed by atoms with van der Waals surface area (Å²) in [5.41, 5.74) is 23.4. The lowest BCUT2D eigenvalue weighted by atomic mass is 9.87. The summed E-state index contributed by atoms with van der Waals surface area (Å²) < 4.78 is 0. The maximum Gasteiger partial charge on any atom is 0.122 e. The van der Waals surface area contributed by atoms with Crippen LogP contribution in [0.2, 0.25) is 0 Å². The van der Waals surface area contributed by atoms with Crippen LogP contribution in [0, 0.1) is 18.3 Å². The van der Waals surface area contributed by atoms with Crippen LogP contribution in [0.15, 0.2) is 200 Å². The minimum atomic E-state index is 0.0368. The third kappa shape index (κ3) is 18.1. The van der Waals surface area contributed by atoms with Crippen LogP contribution in [0.25, 0.3) is 27.8 Å². The average Bonchev–Trinajstić information content (AvgIpc) is 3.65. The Morgan fingerprint density at radius 2 is 1.34 bits per heavy atom. The molecule has 4 heteroatoms. The summed E-state index contributed by atoms with van der Waals surface area (Å²) in [7, 11) is 0. The monoisotopic (exact) mass is 853 g/mol. The van der Waals surface area contributed by atoms with Gasteiger partial charge in [0, 0.05) is 16.7 Å². The normalized spacial score (nSPS) is 11.8. The van der Waals surface area contributed by atoms with Crippen LogP contribution in [-0.2, 0) is 0 Å². The zero-order valence-electron chi connectivity index (χ0n) is 40.8. The molecule has 0 aliphatic heterocycles. The zero-order valence-corrected chi connectivity index (χ0v) is 40.8. The summed E-state index contributed by atoms with van der Waals surface area (Å²) >= 11 is 0. The number of hydrogen-bond acceptors (Lipinski definition) is 3. The number of anilines is 2. The standard InChI is InChI=1S/C49H50N4.C3H6.3C2H6.C2H2/c1-6-20-36(4)38(7-2)27-19-34-53(44-30-28-43(29-31-44)49(50)51)52-48-46(42-25-13-9-10-14-26-42)33-32-45(41-23-17-12-18-24-41)47(48)39(8-3)35-37(5)40-21-15-11-16-22-40;1-3-2;4*1-2/h6-9,11-33,35,52H,4,10,34H2,1-3,5H3,(H3,50,51);3H,1H2,2H3;3*1-2H3;1-2H/b20-6-,27-19-,37-35+,38-7+,39-8+;;;;;. The fourth-order valence-electron chi connectivity index (χ4n) is 6.34. The molecule has 1 aliphatic rings. The maximum absolute atomic E-state index is 8.01. The highest BCUT2D eigenvalue weighted by atomic mass is 15.5. The number of hydrogen-bond donors (Lipinski definition) is 3. The van der Waals surface area contributed by atoms with E-state index >= 15 is 0 Å². The number of amidine groups is 1. The number of benzene rings is 4. The molecule has 0 atom stereocenters. The Kier molecular flexibility index (Phi) is 30.7. The number of hydrazine groups is 1. The Morgan fingerprint density at radius 3 is 1.89 bits per heavy atom. The molecule has 0 heterocycles. The molecule has 0 amide bonds. The van der Waals surface area contributed by atoms with Gasteiger partial charge in [0.1, 0.15) is 5.84 Å². The van der Waals surface area contributed by atoms with Crippen molar-refractivity contribution >= 4 is 33.9 Å². The predicted molar refractivity (Wildman–Crippen MR) is 292 cm³/mol. The van der Waals surface area contributed by atoms with Crippen molar-refractivity contribution in [3.63, 3.8) is 0 Å².